The third kappa shape index (κ3) is 2.01. The highest BCUT2D eigenvalue weighted by molar-refractivity contribution is 5.95. The van der Waals surface area contributed by atoms with Gasteiger partial charge in [-0.25, -0.2) is 4.98 Å². The number of aryl methyl sites for hydroxylation is 1. The van der Waals surface area contributed by atoms with E-state index in [0.717, 1.165) is 0 Å². The van der Waals surface area contributed by atoms with E-state index in [0.29, 0.717) is 16.6 Å². The lowest BCUT2D eigenvalue weighted by Gasteiger charge is -2.04. The van der Waals surface area contributed by atoms with Gasteiger partial charge in [0.2, 0.25) is 0 Å². The van der Waals surface area contributed by atoms with E-state index in [9.17, 15) is 9.59 Å². The van der Waals surface area contributed by atoms with Crippen molar-refractivity contribution in [3.63, 3.8) is 0 Å². The number of aromatic nitrogens is 4. The maximum Gasteiger partial charge on any atom is 0.264 e. The first-order valence-corrected chi connectivity index (χ1v) is 6.12. The molecule has 6 nitrogen and oxygen atoms in total. The molecule has 0 spiro atoms. The lowest BCUT2D eigenvalue weighted by Crippen LogP contribution is -2.24. The van der Waals surface area contributed by atoms with Crippen molar-refractivity contribution in [3.05, 3.63) is 58.8 Å². The molecular formula is C14H12N4O2. The second-order valence-corrected chi connectivity index (χ2v) is 4.47. The Morgan fingerprint density at radius 2 is 2.00 bits per heavy atom. The molecule has 3 rings (SSSR count). The van der Waals surface area contributed by atoms with Crippen molar-refractivity contribution >= 4 is 16.8 Å². The minimum atomic E-state index is -0.257. The van der Waals surface area contributed by atoms with Crippen LogP contribution < -0.4 is 5.56 Å². The first-order valence-electron chi connectivity index (χ1n) is 6.12. The van der Waals surface area contributed by atoms with Crippen LogP contribution in [0.4, 0.5) is 0 Å². The number of ketones is 1. The first-order chi connectivity index (χ1) is 9.66. The molecule has 0 unspecified atom stereocenters. The number of hydrogen-bond donors (Lipinski definition) is 0. The van der Waals surface area contributed by atoms with Crippen molar-refractivity contribution < 1.29 is 4.79 Å². The van der Waals surface area contributed by atoms with Gasteiger partial charge >= 0.3 is 0 Å². The van der Waals surface area contributed by atoms with Gasteiger partial charge in [-0.1, -0.05) is 30.3 Å². The summed E-state index contributed by atoms with van der Waals surface area (Å²) in [5, 5.41) is 4.40. The number of fused-ring (bicyclic) bond motifs is 1. The number of nitrogens with zero attached hydrogens (tertiary/aromatic N) is 4. The predicted molar refractivity (Wildman–Crippen MR) is 73.5 cm³/mol. The largest absolute Gasteiger partial charge is 0.292 e. The zero-order valence-corrected chi connectivity index (χ0v) is 10.9. The average molecular weight is 268 g/mol. The summed E-state index contributed by atoms with van der Waals surface area (Å²) in [5.74, 6) is -0.127. The monoisotopic (exact) mass is 268 g/mol. The van der Waals surface area contributed by atoms with E-state index in [-0.39, 0.29) is 17.9 Å². The third-order valence-electron chi connectivity index (χ3n) is 3.13. The van der Waals surface area contributed by atoms with Crippen LogP contribution in [0.3, 0.4) is 0 Å². The molecule has 0 amide bonds. The van der Waals surface area contributed by atoms with Crippen LogP contribution in [0.15, 0.2) is 47.7 Å². The highest BCUT2D eigenvalue weighted by atomic mass is 16.1. The van der Waals surface area contributed by atoms with Gasteiger partial charge in [-0.15, -0.1) is 0 Å². The zero-order valence-electron chi connectivity index (χ0n) is 10.9. The van der Waals surface area contributed by atoms with Crippen LogP contribution in [-0.2, 0) is 13.6 Å². The molecule has 0 bridgehead atoms. The molecule has 0 aliphatic heterocycles. The number of carbonyl (C=O) groups is 1. The van der Waals surface area contributed by atoms with E-state index in [2.05, 4.69) is 10.1 Å². The Balaban J connectivity index is 1.98. The third-order valence-corrected chi connectivity index (χ3v) is 3.13. The fraction of sp³-hybridized carbons (Fsp3) is 0.143. The van der Waals surface area contributed by atoms with E-state index in [1.165, 1.54) is 21.8 Å². The van der Waals surface area contributed by atoms with Crippen LogP contribution in [0.5, 0.6) is 0 Å². The minimum absolute atomic E-state index is 0.0271. The summed E-state index contributed by atoms with van der Waals surface area (Å²) in [7, 11) is 1.72. The standard InChI is InChI=1S/C14H12N4O2/c1-17-13-11(7-16-17)14(20)18(9-15-13)8-12(19)10-5-3-2-4-6-10/h2-7,9H,8H2,1H3. The van der Waals surface area contributed by atoms with Crippen molar-refractivity contribution in [2.45, 2.75) is 6.54 Å². The van der Waals surface area contributed by atoms with E-state index in [4.69, 9.17) is 0 Å². The highest BCUT2D eigenvalue weighted by Crippen LogP contribution is 2.05. The molecule has 100 valence electrons. The molecule has 0 saturated carbocycles. The van der Waals surface area contributed by atoms with Gasteiger partial charge in [0.1, 0.15) is 11.7 Å². The Kier molecular flexibility index (Phi) is 2.90. The molecule has 0 aliphatic carbocycles. The lowest BCUT2D eigenvalue weighted by atomic mass is 10.1. The maximum atomic E-state index is 12.2. The van der Waals surface area contributed by atoms with Gasteiger partial charge in [-0.3, -0.25) is 18.8 Å². The van der Waals surface area contributed by atoms with Gasteiger partial charge in [-0.2, -0.15) is 5.10 Å². The summed E-state index contributed by atoms with van der Waals surface area (Å²) < 4.78 is 2.83. The lowest BCUT2D eigenvalue weighted by molar-refractivity contribution is 0.0970. The molecule has 2 aromatic heterocycles. The van der Waals surface area contributed by atoms with E-state index < -0.39 is 0 Å². The average Bonchev–Trinajstić information content (AvgIpc) is 2.85. The smallest absolute Gasteiger partial charge is 0.264 e. The molecule has 0 aliphatic rings. The van der Waals surface area contributed by atoms with Crippen LogP contribution in [0.2, 0.25) is 0 Å². The Morgan fingerprint density at radius 3 is 2.75 bits per heavy atom. The molecule has 0 radical (unpaired) electrons. The Hall–Kier alpha value is -2.76. The van der Waals surface area contributed by atoms with Gasteiger partial charge in [0.15, 0.2) is 11.4 Å². The van der Waals surface area contributed by atoms with Crippen molar-refractivity contribution in [1.29, 1.82) is 0 Å². The van der Waals surface area contributed by atoms with Crippen LogP contribution in [-0.4, -0.2) is 25.1 Å². The van der Waals surface area contributed by atoms with Crippen molar-refractivity contribution in [1.82, 2.24) is 19.3 Å². The normalized spacial score (nSPS) is 10.8. The summed E-state index contributed by atoms with van der Waals surface area (Å²) in [4.78, 5) is 28.5. The number of carbonyl (C=O) groups excluding carboxylic acids is 1. The summed E-state index contributed by atoms with van der Waals surface area (Å²) >= 11 is 0. The molecular weight excluding hydrogens is 256 g/mol. The van der Waals surface area contributed by atoms with Gasteiger partial charge in [0, 0.05) is 12.6 Å². The molecule has 1 aromatic carbocycles. The fourth-order valence-electron chi connectivity index (χ4n) is 2.05. The fourth-order valence-corrected chi connectivity index (χ4v) is 2.05. The number of rotatable bonds is 3. The first kappa shape index (κ1) is 12.3. The van der Waals surface area contributed by atoms with Crippen molar-refractivity contribution in [2.24, 2.45) is 7.05 Å². The topological polar surface area (TPSA) is 69.8 Å². The molecule has 20 heavy (non-hydrogen) atoms. The molecule has 2 heterocycles. The predicted octanol–water partition coefficient (Wildman–Crippen LogP) is 1.01. The number of hydrogen-bond acceptors (Lipinski definition) is 4. The van der Waals surface area contributed by atoms with Crippen molar-refractivity contribution in [2.75, 3.05) is 0 Å². The van der Waals surface area contributed by atoms with Gasteiger partial charge in [0.25, 0.3) is 5.56 Å². The SMILES string of the molecule is Cn1ncc2c(=O)n(CC(=O)c3ccccc3)cnc21. The van der Waals surface area contributed by atoms with E-state index in [1.54, 1.807) is 31.3 Å². The maximum absolute atomic E-state index is 12.2. The van der Waals surface area contributed by atoms with Crippen LogP contribution in [0.25, 0.3) is 11.0 Å². The van der Waals surface area contributed by atoms with Crippen LogP contribution >= 0.6 is 0 Å². The summed E-state index contributed by atoms with van der Waals surface area (Å²) in [6.45, 7) is -0.0271. The summed E-state index contributed by atoms with van der Waals surface area (Å²) in [6, 6.07) is 8.87. The summed E-state index contributed by atoms with van der Waals surface area (Å²) in [6.07, 6.45) is 2.85. The van der Waals surface area contributed by atoms with Crippen LogP contribution in [0, 0.1) is 0 Å². The Bertz CT molecular complexity index is 833. The quantitative estimate of drug-likeness (QED) is 0.665. The minimum Gasteiger partial charge on any atom is -0.292 e. The Morgan fingerprint density at radius 1 is 1.25 bits per heavy atom. The molecule has 0 atom stereocenters. The molecule has 0 N–H and O–H groups in total. The Labute approximate surface area is 114 Å². The van der Waals surface area contributed by atoms with Gasteiger partial charge in [-0.05, 0) is 0 Å². The van der Waals surface area contributed by atoms with E-state index >= 15 is 0 Å². The van der Waals surface area contributed by atoms with Gasteiger partial charge < -0.3 is 0 Å². The number of benzene rings is 1. The number of Topliss-reactive ketones (excluding diaryl/α,β-unsaturated/α-hetero) is 1. The second-order valence-electron chi connectivity index (χ2n) is 4.47. The molecule has 0 saturated heterocycles. The zero-order chi connectivity index (χ0) is 14.1. The molecule has 6 heteroatoms. The van der Waals surface area contributed by atoms with Crippen LogP contribution in [0.1, 0.15) is 10.4 Å². The van der Waals surface area contributed by atoms with Gasteiger partial charge in [0.05, 0.1) is 12.7 Å². The summed E-state index contributed by atoms with van der Waals surface area (Å²) in [5.41, 5.74) is 0.830. The highest BCUT2D eigenvalue weighted by Gasteiger charge is 2.11. The van der Waals surface area contributed by atoms with E-state index in [1.807, 2.05) is 6.07 Å². The van der Waals surface area contributed by atoms with Crippen molar-refractivity contribution in [3.8, 4) is 0 Å². The molecule has 0 fully saturated rings. The molecule has 3 aromatic rings. The second kappa shape index (κ2) is 4.73.